The Morgan fingerprint density at radius 2 is 1.24 bits per heavy atom. The third kappa shape index (κ3) is 2.76. The number of nitrogens with zero attached hydrogens (tertiary/aromatic N) is 1. The number of rotatable bonds is 3. The van der Waals surface area contributed by atoms with E-state index in [1.165, 1.54) is 44.4 Å². The topological polar surface area (TPSA) is 3.24 Å². The molecule has 0 spiro atoms. The van der Waals surface area contributed by atoms with Gasteiger partial charge in [0, 0.05) is 22.8 Å². The summed E-state index contributed by atoms with van der Waals surface area (Å²) >= 11 is 0. The average Bonchev–Trinajstić information content (AvgIpc) is 2.95. The normalized spacial score (nSPS) is 14.1. The molecule has 1 nitrogen and oxygen atoms in total. The Balaban J connectivity index is 1.65. The molecule has 0 amide bonds. The third-order valence-corrected chi connectivity index (χ3v) is 6.37. The van der Waals surface area contributed by atoms with Gasteiger partial charge in [0.2, 0.25) is 0 Å². The molecule has 1 aliphatic rings. The fourth-order valence-corrected chi connectivity index (χ4v) is 4.91. The van der Waals surface area contributed by atoms with Crippen molar-refractivity contribution in [3.63, 3.8) is 0 Å². The van der Waals surface area contributed by atoms with Gasteiger partial charge in [-0.25, -0.2) is 0 Å². The van der Waals surface area contributed by atoms with Crippen LogP contribution in [0.25, 0.3) is 21.9 Å². The number of benzene rings is 4. The van der Waals surface area contributed by atoms with Crippen LogP contribution in [0.5, 0.6) is 0 Å². The van der Waals surface area contributed by atoms with Crippen molar-refractivity contribution in [2.45, 2.75) is 39.2 Å². The van der Waals surface area contributed by atoms with Gasteiger partial charge in [0.05, 0.1) is 0 Å². The van der Waals surface area contributed by atoms with Crippen molar-refractivity contribution in [3.8, 4) is 11.1 Å². The quantitative estimate of drug-likeness (QED) is 0.354. The van der Waals surface area contributed by atoms with E-state index in [-0.39, 0.29) is 5.41 Å². The maximum Gasteiger partial charge on any atom is 0.0419 e. The summed E-state index contributed by atoms with van der Waals surface area (Å²) in [5.74, 6) is 0. The number of hydrogen-bond donors (Lipinski definition) is 0. The highest BCUT2D eigenvalue weighted by Crippen LogP contribution is 2.50. The second-order valence-electron chi connectivity index (χ2n) is 8.90. The van der Waals surface area contributed by atoms with E-state index in [1.807, 2.05) is 0 Å². The van der Waals surface area contributed by atoms with E-state index in [9.17, 15) is 0 Å². The van der Waals surface area contributed by atoms with Gasteiger partial charge in [0.1, 0.15) is 0 Å². The lowest BCUT2D eigenvalue weighted by molar-refractivity contribution is 0.659. The van der Waals surface area contributed by atoms with Crippen molar-refractivity contribution < 1.29 is 0 Å². The smallest absolute Gasteiger partial charge is 0.0419 e. The van der Waals surface area contributed by atoms with Gasteiger partial charge in [-0.05, 0) is 71.1 Å². The number of fused-ring (bicyclic) bond motifs is 4. The summed E-state index contributed by atoms with van der Waals surface area (Å²) in [6, 6.07) is 31.6. The SMILES string of the molecule is CC(C)N(c1ccc2c(c1)C(C)(C)c1ccccc1-2)c1ccc2ccccc2c1. The predicted molar refractivity (Wildman–Crippen MR) is 125 cm³/mol. The highest BCUT2D eigenvalue weighted by atomic mass is 15.2. The van der Waals surface area contributed by atoms with E-state index in [4.69, 9.17) is 0 Å². The van der Waals surface area contributed by atoms with Crippen LogP contribution in [0.4, 0.5) is 11.4 Å². The molecule has 5 rings (SSSR count). The van der Waals surface area contributed by atoms with Gasteiger partial charge in [-0.15, -0.1) is 0 Å². The molecular weight excluding hydrogens is 350 g/mol. The zero-order valence-corrected chi connectivity index (χ0v) is 17.6. The van der Waals surface area contributed by atoms with Crippen molar-refractivity contribution in [1.82, 2.24) is 0 Å². The molecule has 0 heterocycles. The van der Waals surface area contributed by atoms with Crippen LogP contribution in [0.15, 0.2) is 84.9 Å². The van der Waals surface area contributed by atoms with Crippen molar-refractivity contribution in [2.75, 3.05) is 4.90 Å². The first-order valence-corrected chi connectivity index (χ1v) is 10.5. The summed E-state index contributed by atoms with van der Waals surface area (Å²) in [5.41, 5.74) is 8.12. The lowest BCUT2D eigenvalue weighted by atomic mass is 9.82. The standard InChI is InChI=1S/C28H27N/c1-19(2)29(22-14-13-20-9-5-6-10-21(20)17-22)23-15-16-25-24-11-7-8-12-26(24)28(3,4)27(25)18-23/h5-19H,1-4H3. The Morgan fingerprint density at radius 3 is 2.03 bits per heavy atom. The number of anilines is 2. The first kappa shape index (κ1) is 18.0. The van der Waals surface area contributed by atoms with Gasteiger partial charge in [0.15, 0.2) is 0 Å². The predicted octanol–water partition coefficient (Wildman–Crippen LogP) is 7.69. The van der Waals surface area contributed by atoms with Gasteiger partial charge in [-0.1, -0.05) is 74.5 Å². The second-order valence-corrected chi connectivity index (χ2v) is 8.90. The lowest BCUT2D eigenvalue weighted by Crippen LogP contribution is -2.26. The van der Waals surface area contributed by atoms with Crippen LogP contribution in [0.1, 0.15) is 38.8 Å². The molecule has 0 aromatic heterocycles. The zero-order valence-electron chi connectivity index (χ0n) is 17.6. The van der Waals surface area contributed by atoms with Crippen LogP contribution in [0.2, 0.25) is 0 Å². The lowest BCUT2D eigenvalue weighted by Gasteiger charge is -2.31. The Labute approximate surface area is 173 Å². The van der Waals surface area contributed by atoms with Gasteiger partial charge in [0.25, 0.3) is 0 Å². The van der Waals surface area contributed by atoms with E-state index in [0.29, 0.717) is 6.04 Å². The van der Waals surface area contributed by atoms with Crippen molar-refractivity contribution in [2.24, 2.45) is 0 Å². The molecule has 1 aliphatic carbocycles. The first-order chi connectivity index (χ1) is 14.0. The van der Waals surface area contributed by atoms with E-state index in [1.54, 1.807) is 0 Å². The summed E-state index contributed by atoms with van der Waals surface area (Å²) in [6.07, 6.45) is 0. The van der Waals surface area contributed by atoms with E-state index < -0.39 is 0 Å². The zero-order chi connectivity index (χ0) is 20.2. The molecule has 1 heteroatoms. The molecule has 4 aromatic rings. The minimum absolute atomic E-state index is 0.0218. The Bertz CT molecular complexity index is 1220. The van der Waals surface area contributed by atoms with E-state index in [0.717, 1.165) is 0 Å². The van der Waals surface area contributed by atoms with Gasteiger partial charge >= 0.3 is 0 Å². The van der Waals surface area contributed by atoms with Crippen molar-refractivity contribution in [1.29, 1.82) is 0 Å². The molecule has 0 saturated heterocycles. The number of hydrogen-bond acceptors (Lipinski definition) is 1. The highest BCUT2D eigenvalue weighted by Gasteiger charge is 2.35. The summed E-state index contributed by atoms with van der Waals surface area (Å²) in [4.78, 5) is 2.45. The molecule has 0 N–H and O–H groups in total. The minimum Gasteiger partial charge on any atom is -0.339 e. The molecule has 0 fully saturated rings. The van der Waals surface area contributed by atoms with Crippen LogP contribution >= 0.6 is 0 Å². The molecule has 0 bridgehead atoms. The fraction of sp³-hybridized carbons (Fsp3) is 0.214. The Morgan fingerprint density at radius 1 is 0.621 bits per heavy atom. The molecule has 0 atom stereocenters. The van der Waals surface area contributed by atoms with Gasteiger partial charge in [-0.2, -0.15) is 0 Å². The third-order valence-electron chi connectivity index (χ3n) is 6.37. The van der Waals surface area contributed by atoms with Crippen LogP contribution in [-0.2, 0) is 5.41 Å². The summed E-state index contributed by atoms with van der Waals surface area (Å²) in [5, 5.41) is 2.56. The second kappa shape index (κ2) is 6.49. The highest BCUT2D eigenvalue weighted by molar-refractivity contribution is 5.88. The van der Waals surface area contributed by atoms with Crippen molar-refractivity contribution >= 4 is 22.1 Å². The molecule has 0 unspecified atom stereocenters. The molecule has 0 aliphatic heterocycles. The van der Waals surface area contributed by atoms with Crippen LogP contribution < -0.4 is 4.90 Å². The molecular formula is C28H27N. The average molecular weight is 378 g/mol. The van der Waals surface area contributed by atoms with Crippen LogP contribution in [0, 0.1) is 0 Å². The molecule has 0 saturated carbocycles. The van der Waals surface area contributed by atoms with E-state index in [2.05, 4.69) is 118 Å². The monoisotopic (exact) mass is 377 g/mol. The van der Waals surface area contributed by atoms with Crippen molar-refractivity contribution in [3.05, 3.63) is 96.1 Å². The van der Waals surface area contributed by atoms with Crippen LogP contribution in [-0.4, -0.2) is 6.04 Å². The summed E-state index contributed by atoms with van der Waals surface area (Å²) in [6.45, 7) is 9.22. The molecule has 29 heavy (non-hydrogen) atoms. The Kier molecular flexibility index (Phi) is 4.03. The first-order valence-electron chi connectivity index (χ1n) is 10.5. The maximum absolute atomic E-state index is 2.45. The summed E-state index contributed by atoms with van der Waals surface area (Å²) < 4.78 is 0. The van der Waals surface area contributed by atoms with Gasteiger partial charge < -0.3 is 4.90 Å². The summed E-state index contributed by atoms with van der Waals surface area (Å²) in [7, 11) is 0. The molecule has 144 valence electrons. The minimum atomic E-state index is 0.0218. The van der Waals surface area contributed by atoms with Gasteiger partial charge in [-0.3, -0.25) is 0 Å². The molecule has 0 radical (unpaired) electrons. The Hall–Kier alpha value is -3.06. The van der Waals surface area contributed by atoms with E-state index >= 15 is 0 Å². The van der Waals surface area contributed by atoms with Crippen LogP contribution in [0.3, 0.4) is 0 Å². The molecule has 4 aromatic carbocycles. The maximum atomic E-state index is 2.45. The fourth-order valence-electron chi connectivity index (χ4n) is 4.91. The largest absolute Gasteiger partial charge is 0.339 e.